The van der Waals surface area contributed by atoms with Crippen LogP contribution in [0.3, 0.4) is 0 Å². The molecule has 0 radical (unpaired) electrons. The Hall–Kier alpha value is -0.450. The summed E-state index contributed by atoms with van der Waals surface area (Å²) >= 11 is 1.72. The molecule has 0 aromatic carbocycles. The molecule has 0 aliphatic heterocycles. The van der Waals surface area contributed by atoms with Gasteiger partial charge >= 0.3 is 0 Å². The van der Waals surface area contributed by atoms with Gasteiger partial charge in [-0.3, -0.25) is 0 Å². The minimum atomic E-state index is -0.0529. The van der Waals surface area contributed by atoms with Gasteiger partial charge in [-0.1, -0.05) is 0 Å². The summed E-state index contributed by atoms with van der Waals surface area (Å²) < 4.78 is 0. The maximum absolute atomic E-state index is 5.93. The lowest BCUT2D eigenvalue weighted by atomic mass is 10.0. The van der Waals surface area contributed by atoms with Crippen molar-refractivity contribution in [1.29, 1.82) is 0 Å². The van der Waals surface area contributed by atoms with Gasteiger partial charge in [-0.15, -0.1) is 11.3 Å². The van der Waals surface area contributed by atoms with Crippen LogP contribution in [-0.4, -0.2) is 17.1 Å². The first-order chi connectivity index (χ1) is 7.38. The molecule has 0 aliphatic rings. The molecular formula is C12H23N3S. The molecular weight excluding hydrogens is 218 g/mol. The van der Waals surface area contributed by atoms with Crippen LogP contribution in [0.4, 0.5) is 0 Å². The van der Waals surface area contributed by atoms with Crippen molar-refractivity contribution in [1.82, 2.24) is 10.3 Å². The number of nitrogens with two attached hydrogens (primary N) is 1. The third-order valence-electron chi connectivity index (χ3n) is 2.46. The van der Waals surface area contributed by atoms with Crippen LogP contribution in [0, 0.1) is 6.92 Å². The van der Waals surface area contributed by atoms with Gasteiger partial charge in [0, 0.05) is 16.6 Å². The molecule has 3 nitrogen and oxygen atoms in total. The third-order valence-corrected chi connectivity index (χ3v) is 3.60. The molecule has 0 fully saturated rings. The summed E-state index contributed by atoms with van der Waals surface area (Å²) in [6, 6.07) is 0.347. The number of thiazole rings is 1. The van der Waals surface area contributed by atoms with Gasteiger partial charge in [0.25, 0.3) is 0 Å². The van der Waals surface area contributed by atoms with Crippen LogP contribution in [0.2, 0.25) is 0 Å². The Morgan fingerprint density at radius 1 is 1.56 bits per heavy atom. The molecule has 3 N–H and O–H groups in total. The molecule has 1 aromatic rings. The van der Waals surface area contributed by atoms with Gasteiger partial charge in [0.1, 0.15) is 5.01 Å². The number of hydrogen-bond donors (Lipinski definition) is 2. The predicted octanol–water partition coefficient (Wildman–Crippen LogP) is 2.62. The van der Waals surface area contributed by atoms with E-state index in [1.54, 1.807) is 11.3 Å². The van der Waals surface area contributed by atoms with Crippen LogP contribution < -0.4 is 11.1 Å². The number of aryl methyl sites for hydroxylation is 1. The standard InChI is InChI=1S/C12H23N3S/c1-9-8-16-11(15-9)10(2)14-7-5-6-12(3,4)13/h8,10,14H,5-7,13H2,1-4H3. The van der Waals surface area contributed by atoms with Gasteiger partial charge in [0.2, 0.25) is 0 Å². The zero-order valence-electron chi connectivity index (χ0n) is 10.7. The first kappa shape index (κ1) is 13.6. The van der Waals surface area contributed by atoms with Crippen molar-refractivity contribution in [2.45, 2.75) is 52.1 Å². The Morgan fingerprint density at radius 2 is 2.25 bits per heavy atom. The number of nitrogens with one attached hydrogen (secondary N) is 1. The average molecular weight is 241 g/mol. The lowest BCUT2D eigenvalue weighted by Gasteiger charge is -2.19. The number of rotatable bonds is 6. The topological polar surface area (TPSA) is 50.9 Å². The Balaban J connectivity index is 2.23. The summed E-state index contributed by atoms with van der Waals surface area (Å²) in [7, 11) is 0. The van der Waals surface area contributed by atoms with Crippen molar-refractivity contribution in [3.05, 3.63) is 16.1 Å². The van der Waals surface area contributed by atoms with Crippen molar-refractivity contribution >= 4 is 11.3 Å². The van der Waals surface area contributed by atoms with Crippen LogP contribution in [0.25, 0.3) is 0 Å². The lowest BCUT2D eigenvalue weighted by Crippen LogP contribution is -2.33. The van der Waals surface area contributed by atoms with E-state index in [1.165, 1.54) is 5.01 Å². The van der Waals surface area contributed by atoms with Crippen LogP contribution in [0.1, 0.15) is 50.4 Å². The zero-order chi connectivity index (χ0) is 12.2. The fourth-order valence-corrected chi connectivity index (χ4v) is 2.35. The molecule has 1 rings (SSSR count). The predicted molar refractivity (Wildman–Crippen MR) is 70.8 cm³/mol. The highest BCUT2D eigenvalue weighted by atomic mass is 32.1. The second-order valence-electron chi connectivity index (χ2n) is 5.10. The first-order valence-corrected chi connectivity index (χ1v) is 6.71. The van der Waals surface area contributed by atoms with Gasteiger partial charge in [0.05, 0.1) is 6.04 Å². The van der Waals surface area contributed by atoms with Crippen molar-refractivity contribution in [2.75, 3.05) is 6.54 Å². The number of hydrogen-bond acceptors (Lipinski definition) is 4. The maximum Gasteiger partial charge on any atom is 0.110 e. The van der Waals surface area contributed by atoms with Gasteiger partial charge in [0.15, 0.2) is 0 Å². The number of nitrogens with zero attached hydrogens (tertiary/aromatic N) is 1. The molecule has 4 heteroatoms. The Labute approximate surface area is 102 Å². The smallest absolute Gasteiger partial charge is 0.110 e. The quantitative estimate of drug-likeness (QED) is 0.753. The van der Waals surface area contributed by atoms with Gasteiger partial charge < -0.3 is 11.1 Å². The normalized spacial score (nSPS) is 14.1. The monoisotopic (exact) mass is 241 g/mol. The van der Waals surface area contributed by atoms with Crippen LogP contribution in [0.15, 0.2) is 5.38 Å². The average Bonchev–Trinajstić information content (AvgIpc) is 2.57. The minimum absolute atomic E-state index is 0.0529. The van der Waals surface area contributed by atoms with Gasteiger partial charge in [-0.2, -0.15) is 0 Å². The van der Waals surface area contributed by atoms with E-state index in [1.807, 2.05) is 6.92 Å². The van der Waals surface area contributed by atoms with E-state index in [0.717, 1.165) is 25.1 Å². The molecule has 0 amide bonds. The summed E-state index contributed by atoms with van der Waals surface area (Å²) in [6.45, 7) is 9.33. The molecule has 16 heavy (non-hydrogen) atoms. The van der Waals surface area contributed by atoms with E-state index in [-0.39, 0.29) is 5.54 Å². The summed E-state index contributed by atoms with van der Waals surface area (Å²) in [5.41, 5.74) is 6.98. The van der Waals surface area contributed by atoms with Crippen molar-refractivity contribution < 1.29 is 0 Å². The third kappa shape index (κ3) is 5.05. The summed E-state index contributed by atoms with van der Waals surface area (Å²) in [5.74, 6) is 0. The molecule has 1 aromatic heterocycles. The molecule has 1 atom stereocenters. The number of aromatic nitrogens is 1. The highest BCUT2D eigenvalue weighted by Gasteiger charge is 2.11. The fraction of sp³-hybridized carbons (Fsp3) is 0.750. The highest BCUT2D eigenvalue weighted by molar-refractivity contribution is 7.09. The first-order valence-electron chi connectivity index (χ1n) is 5.83. The Morgan fingerprint density at radius 3 is 2.75 bits per heavy atom. The van der Waals surface area contributed by atoms with Crippen molar-refractivity contribution in [3.8, 4) is 0 Å². The Kier molecular flexibility index (Phi) is 4.89. The van der Waals surface area contributed by atoms with Crippen LogP contribution in [0.5, 0.6) is 0 Å². The Bertz CT molecular complexity index is 314. The van der Waals surface area contributed by atoms with Crippen molar-refractivity contribution in [3.63, 3.8) is 0 Å². The van der Waals surface area contributed by atoms with E-state index in [2.05, 4.69) is 36.5 Å². The van der Waals surface area contributed by atoms with Crippen molar-refractivity contribution in [2.24, 2.45) is 5.73 Å². The molecule has 92 valence electrons. The van der Waals surface area contributed by atoms with Crippen LogP contribution >= 0.6 is 11.3 Å². The molecule has 1 unspecified atom stereocenters. The van der Waals surface area contributed by atoms with E-state index >= 15 is 0 Å². The summed E-state index contributed by atoms with van der Waals surface area (Å²) in [4.78, 5) is 4.47. The fourth-order valence-electron chi connectivity index (χ4n) is 1.52. The largest absolute Gasteiger partial charge is 0.326 e. The second-order valence-corrected chi connectivity index (χ2v) is 5.98. The van der Waals surface area contributed by atoms with Crippen LogP contribution in [-0.2, 0) is 0 Å². The summed E-state index contributed by atoms with van der Waals surface area (Å²) in [6.07, 6.45) is 2.15. The van der Waals surface area contributed by atoms with E-state index < -0.39 is 0 Å². The molecule has 0 bridgehead atoms. The lowest BCUT2D eigenvalue weighted by molar-refractivity contribution is 0.437. The van der Waals surface area contributed by atoms with Gasteiger partial charge in [-0.05, 0) is 47.1 Å². The second kappa shape index (κ2) is 5.75. The van der Waals surface area contributed by atoms with E-state index in [0.29, 0.717) is 6.04 Å². The van der Waals surface area contributed by atoms with E-state index in [4.69, 9.17) is 5.73 Å². The van der Waals surface area contributed by atoms with Gasteiger partial charge in [-0.25, -0.2) is 4.98 Å². The molecule has 0 saturated carbocycles. The van der Waals surface area contributed by atoms with E-state index in [9.17, 15) is 0 Å². The SMILES string of the molecule is Cc1csc(C(C)NCCCC(C)(C)N)n1. The molecule has 0 saturated heterocycles. The molecule has 0 spiro atoms. The molecule has 0 aliphatic carbocycles. The molecule has 1 heterocycles. The highest BCUT2D eigenvalue weighted by Crippen LogP contribution is 2.17. The maximum atomic E-state index is 5.93. The minimum Gasteiger partial charge on any atom is -0.326 e. The summed E-state index contributed by atoms with van der Waals surface area (Å²) in [5, 5.41) is 6.74. The zero-order valence-corrected chi connectivity index (χ0v) is 11.5.